The van der Waals surface area contributed by atoms with Crippen molar-refractivity contribution in [2.45, 2.75) is 13.8 Å². The Hall–Kier alpha value is -2.56. The molecule has 0 atom stereocenters. The van der Waals surface area contributed by atoms with E-state index < -0.39 is 0 Å². The Kier molecular flexibility index (Phi) is 4.65. The van der Waals surface area contributed by atoms with E-state index >= 15 is 0 Å². The van der Waals surface area contributed by atoms with Crippen LogP contribution in [0.25, 0.3) is 6.08 Å². The summed E-state index contributed by atoms with van der Waals surface area (Å²) in [5.41, 5.74) is 3.33. The Morgan fingerprint density at radius 1 is 1.23 bits per heavy atom. The third-order valence-corrected chi connectivity index (χ3v) is 3.64. The molecule has 0 N–H and O–H groups in total. The highest BCUT2D eigenvalue weighted by Gasteiger charge is 2.12. The van der Waals surface area contributed by atoms with Crippen LogP contribution in [0.3, 0.4) is 0 Å². The van der Waals surface area contributed by atoms with E-state index in [1.807, 2.05) is 20.9 Å². The van der Waals surface area contributed by atoms with Crippen LogP contribution in [0, 0.1) is 13.8 Å². The van der Waals surface area contributed by atoms with E-state index in [9.17, 15) is 4.79 Å². The van der Waals surface area contributed by atoms with Gasteiger partial charge in [-0.05, 0) is 44.2 Å². The highest BCUT2D eigenvalue weighted by Crippen LogP contribution is 2.25. The SMILES string of the molecule is COc1ccc(OC)c(C(=O)/C=C/c2c(C)nn(C)c2C)c1. The lowest BCUT2D eigenvalue weighted by molar-refractivity contribution is 0.104. The van der Waals surface area contributed by atoms with Crippen molar-refractivity contribution in [2.24, 2.45) is 7.05 Å². The van der Waals surface area contributed by atoms with Crippen molar-refractivity contribution in [1.29, 1.82) is 0 Å². The van der Waals surface area contributed by atoms with Gasteiger partial charge in [-0.15, -0.1) is 0 Å². The summed E-state index contributed by atoms with van der Waals surface area (Å²) in [6, 6.07) is 5.16. The minimum Gasteiger partial charge on any atom is -0.497 e. The van der Waals surface area contributed by atoms with Crippen LogP contribution in [-0.4, -0.2) is 29.8 Å². The summed E-state index contributed by atoms with van der Waals surface area (Å²) in [5.74, 6) is 1.000. The van der Waals surface area contributed by atoms with Gasteiger partial charge >= 0.3 is 0 Å². The number of methoxy groups -OCH3 is 2. The highest BCUT2D eigenvalue weighted by atomic mass is 16.5. The second-order valence-electron chi connectivity index (χ2n) is 4.97. The maximum Gasteiger partial charge on any atom is 0.189 e. The molecule has 2 rings (SSSR count). The molecule has 0 aliphatic rings. The lowest BCUT2D eigenvalue weighted by atomic mass is 10.1. The van der Waals surface area contributed by atoms with E-state index in [2.05, 4.69) is 5.10 Å². The molecule has 1 aromatic carbocycles. The fourth-order valence-corrected chi connectivity index (χ4v) is 2.29. The van der Waals surface area contributed by atoms with E-state index in [0.717, 1.165) is 17.0 Å². The maximum atomic E-state index is 12.4. The predicted octanol–water partition coefficient (Wildman–Crippen LogP) is 2.95. The summed E-state index contributed by atoms with van der Waals surface area (Å²) in [6.07, 6.45) is 3.33. The van der Waals surface area contributed by atoms with Gasteiger partial charge in [0, 0.05) is 18.3 Å². The number of aryl methyl sites for hydroxylation is 2. The van der Waals surface area contributed by atoms with Gasteiger partial charge in [-0.2, -0.15) is 5.10 Å². The van der Waals surface area contributed by atoms with Crippen molar-refractivity contribution >= 4 is 11.9 Å². The van der Waals surface area contributed by atoms with Crippen molar-refractivity contribution in [3.05, 3.63) is 46.8 Å². The maximum absolute atomic E-state index is 12.4. The number of benzene rings is 1. The largest absolute Gasteiger partial charge is 0.497 e. The van der Waals surface area contributed by atoms with Crippen molar-refractivity contribution in [3.8, 4) is 11.5 Å². The van der Waals surface area contributed by atoms with Gasteiger partial charge in [0.2, 0.25) is 0 Å². The van der Waals surface area contributed by atoms with E-state index in [1.165, 1.54) is 13.2 Å². The molecule has 0 aliphatic heterocycles. The number of hydrogen-bond acceptors (Lipinski definition) is 4. The molecule has 0 bridgehead atoms. The van der Waals surface area contributed by atoms with Crippen LogP contribution in [-0.2, 0) is 7.05 Å². The van der Waals surface area contributed by atoms with Crippen molar-refractivity contribution < 1.29 is 14.3 Å². The fraction of sp³-hybridized carbons (Fsp3) is 0.294. The third-order valence-electron chi connectivity index (χ3n) is 3.64. The van der Waals surface area contributed by atoms with Crippen molar-refractivity contribution in [1.82, 2.24) is 9.78 Å². The monoisotopic (exact) mass is 300 g/mol. The summed E-state index contributed by atoms with van der Waals surface area (Å²) in [7, 11) is 4.98. The Balaban J connectivity index is 2.34. The molecule has 0 spiro atoms. The lowest BCUT2D eigenvalue weighted by Gasteiger charge is -2.07. The Bertz CT molecular complexity index is 730. The second kappa shape index (κ2) is 6.47. The van der Waals surface area contributed by atoms with Gasteiger partial charge in [0.05, 0.1) is 25.5 Å². The van der Waals surface area contributed by atoms with Crippen LogP contribution in [0.15, 0.2) is 24.3 Å². The number of ether oxygens (including phenoxy) is 2. The average Bonchev–Trinajstić information content (AvgIpc) is 2.77. The van der Waals surface area contributed by atoms with Gasteiger partial charge in [-0.1, -0.05) is 0 Å². The second-order valence-corrected chi connectivity index (χ2v) is 4.97. The number of carbonyl (C=O) groups is 1. The van der Waals surface area contributed by atoms with Gasteiger partial charge in [-0.25, -0.2) is 0 Å². The molecule has 1 heterocycles. The summed E-state index contributed by atoms with van der Waals surface area (Å²) < 4.78 is 12.2. The Labute approximate surface area is 130 Å². The molecule has 0 radical (unpaired) electrons. The zero-order chi connectivity index (χ0) is 16.3. The molecule has 116 valence electrons. The first-order valence-corrected chi connectivity index (χ1v) is 6.92. The molecule has 0 aliphatic carbocycles. The number of rotatable bonds is 5. The molecule has 0 fully saturated rings. The topological polar surface area (TPSA) is 53.4 Å². The van der Waals surface area contributed by atoms with Crippen LogP contribution in [0.1, 0.15) is 27.3 Å². The average molecular weight is 300 g/mol. The molecule has 22 heavy (non-hydrogen) atoms. The van der Waals surface area contributed by atoms with E-state index in [4.69, 9.17) is 9.47 Å². The van der Waals surface area contributed by atoms with Crippen LogP contribution >= 0.6 is 0 Å². The van der Waals surface area contributed by atoms with Crippen molar-refractivity contribution in [2.75, 3.05) is 14.2 Å². The number of allylic oxidation sites excluding steroid dienone is 1. The molecular weight excluding hydrogens is 280 g/mol. The number of ketones is 1. The standard InChI is InChI=1S/C17H20N2O3/c1-11-14(12(2)19(3)18-11)7-8-16(20)15-10-13(21-4)6-9-17(15)22-5/h6-10H,1-5H3/b8-7+. The van der Waals surface area contributed by atoms with E-state index in [0.29, 0.717) is 17.1 Å². The minimum absolute atomic E-state index is 0.140. The third kappa shape index (κ3) is 3.03. The molecule has 0 saturated heterocycles. The lowest BCUT2D eigenvalue weighted by Crippen LogP contribution is -2.00. The van der Waals surface area contributed by atoms with Gasteiger partial charge < -0.3 is 9.47 Å². The van der Waals surface area contributed by atoms with Gasteiger partial charge in [-0.3, -0.25) is 9.48 Å². The van der Waals surface area contributed by atoms with Crippen LogP contribution in [0.4, 0.5) is 0 Å². The summed E-state index contributed by atoms with van der Waals surface area (Å²) >= 11 is 0. The molecule has 2 aromatic rings. The number of nitrogens with zero attached hydrogens (tertiary/aromatic N) is 2. The van der Waals surface area contributed by atoms with Crippen molar-refractivity contribution in [3.63, 3.8) is 0 Å². The molecule has 1 aromatic heterocycles. The molecule has 5 nitrogen and oxygen atoms in total. The van der Waals surface area contributed by atoms with E-state index in [-0.39, 0.29) is 5.78 Å². The number of hydrogen-bond donors (Lipinski definition) is 0. The highest BCUT2D eigenvalue weighted by molar-refractivity contribution is 6.09. The summed E-state index contributed by atoms with van der Waals surface area (Å²) in [4.78, 5) is 12.4. The first-order chi connectivity index (χ1) is 10.5. The minimum atomic E-state index is -0.140. The molecule has 5 heteroatoms. The summed E-state index contributed by atoms with van der Waals surface area (Å²) in [5, 5.41) is 4.33. The normalized spacial score (nSPS) is 11.0. The summed E-state index contributed by atoms with van der Waals surface area (Å²) in [6.45, 7) is 3.89. The molecule has 0 unspecified atom stereocenters. The van der Waals surface area contributed by atoms with E-state index in [1.54, 1.807) is 36.1 Å². The number of aromatic nitrogens is 2. The molecule has 0 saturated carbocycles. The van der Waals surface area contributed by atoms with Crippen LogP contribution in [0.5, 0.6) is 11.5 Å². The van der Waals surface area contributed by atoms with Gasteiger partial charge in [0.25, 0.3) is 0 Å². The number of carbonyl (C=O) groups excluding carboxylic acids is 1. The smallest absolute Gasteiger partial charge is 0.189 e. The quantitative estimate of drug-likeness (QED) is 0.629. The van der Waals surface area contributed by atoms with Crippen LogP contribution in [0.2, 0.25) is 0 Å². The van der Waals surface area contributed by atoms with Gasteiger partial charge in [0.15, 0.2) is 5.78 Å². The van der Waals surface area contributed by atoms with Gasteiger partial charge in [0.1, 0.15) is 11.5 Å². The Morgan fingerprint density at radius 3 is 2.50 bits per heavy atom. The molecule has 0 amide bonds. The zero-order valence-corrected chi connectivity index (χ0v) is 13.5. The Morgan fingerprint density at radius 2 is 1.95 bits per heavy atom. The van der Waals surface area contributed by atoms with Crippen LogP contribution < -0.4 is 9.47 Å². The fourth-order valence-electron chi connectivity index (χ4n) is 2.29. The molecular formula is C17H20N2O3. The zero-order valence-electron chi connectivity index (χ0n) is 13.5. The first-order valence-electron chi connectivity index (χ1n) is 6.92. The predicted molar refractivity (Wildman–Crippen MR) is 85.6 cm³/mol. The first kappa shape index (κ1) is 15.8.